The Morgan fingerprint density at radius 2 is 1.88 bits per heavy atom. The second-order valence-corrected chi connectivity index (χ2v) is 7.47. The lowest BCUT2D eigenvalue weighted by atomic mass is 9.91. The monoisotopic (exact) mass is 281 g/mol. The minimum Gasteiger partial charge on any atom is -0.212 e. The molecule has 1 fully saturated rings. The number of sulfonamides is 1. The largest absolute Gasteiger partial charge is 0.212 e. The molecule has 1 unspecified atom stereocenters. The van der Waals surface area contributed by atoms with E-state index in [4.69, 9.17) is 11.6 Å². The maximum Gasteiger partial charge on any atom is 0.212 e. The number of nitrogens with one attached hydrogen (secondary N) is 1. The molecule has 1 aliphatic rings. The Morgan fingerprint density at radius 3 is 2.35 bits per heavy atom. The molecule has 0 aromatic rings. The van der Waals surface area contributed by atoms with Gasteiger partial charge in [0.15, 0.2) is 0 Å². The molecule has 17 heavy (non-hydrogen) atoms. The first-order valence-electron chi connectivity index (χ1n) is 6.48. The van der Waals surface area contributed by atoms with Gasteiger partial charge in [0.25, 0.3) is 0 Å². The van der Waals surface area contributed by atoms with Crippen LogP contribution in [0.3, 0.4) is 0 Å². The summed E-state index contributed by atoms with van der Waals surface area (Å²) in [6.07, 6.45) is 6.38. The normalized spacial score (nSPS) is 22.3. The second kappa shape index (κ2) is 6.39. The molecule has 0 aromatic carbocycles. The molecule has 1 atom stereocenters. The van der Waals surface area contributed by atoms with Gasteiger partial charge in [-0.25, -0.2) is 13.1 Å². The molecule has 0 heterocycles. The van der Waals surface area contributed by atoms with Crippen molar-refractivity contribution in [3.63, 3.8) is 0 Å². The molecule has 0 amide bonds. The van der Waals surface area contributed by atoms with Crippen molar-refractivity contribution in [1.82, 2.24) is 4.72 Å². The average molecular weight is 282 g/mol. The van der Waals surface area contributed by atoms with Crippen LogP contribution in [0.2, 0.25) is 0 Å². The average Bonchev–Trinajstić information content (AvgIpc) is 2.29. The third kappa shape index (κ3) is 5.14. The van der Waals surface area contributed by atoms with Gasteiger partial charge < -0.3 is 0 Å². The molecule has 1 rings (SSSR count). The van der Waals surface area contributed by atoms with E-state index in [2.05, 4.69) is 4.72 Å². The van der Waals surface area contributed by atoms with Crippen molar-refractivity contribution in [3.05, 3.63) is 0 Å². The van der Waals surface area contributed by atoms with Crippen molar-refractivity contribution in [2.45, 2.75) is 57.9 Å². The van der Waals surface area contributed by atoms with Gasteiger partial charge in [0.2, 0.25) is 10.0 Å². The fourth-order valence-electron chi connectivity index (χ4n) is 2.28. The van der Waals surface area contributed by atoms with Crippen molar-refractivity contribution < 1.29 is 8.42 Å². The van der Waals surface area contributed by atoms with Crippen molar-refractivity contribution in [2.75, 3.05) is 11.6 Å². The van der Waals surface area contributed by atoms with Crippen LogP contribution in [0.1, 0.15) is 52.4 Å². The molecule has 102 valence electrons. The van der Waals surface area contributed by atoms with E-state index in [-0.39, 0.29) is 5.75 Å². The standard InChI is InChI=1S/C12H24ClNO2S/c1-3-12(2,10-13)14-17(15,16)9-11-7-5-4-6-8-11/h11,14H,3-10H2,1-2H3. The molecule has 0 aliphatic heterocycles. The summed E-state index contributed by atoms with van der Waals surface area (Å²) in [5, 5.41) is 0. The summed E-state index contributed by atoms with van der Waals surface area (Å²) in [6.45, 7) is 3.81. The third-order valence-corrected chi connectivity index (χ3v) is 5.96. The Kier molecular flexibility index (Phi) is 5.74. The van der Waals surface area contributed by atoms with Crippen LogP contribution in [-0.4, -0.2) is 25.6 Å². The summed E-state index contributed by atoms with van der Waals surface area (Å²) in [5.41, 5.74) is -0.505. The zero-order valence-electron chi connectivity index (χ0n) is 10.8. The van der Waals surface area contributed by atoms with Crippen molar-refractivity contribution in [1.29, 1.82) is 0 Å². The highest BCUT2D eigenvalue weighted by Crippen LogP contribution is 2.25. The Labute approximate surface area is 110 Å². The van der Waals surface area contributed by atoms with Crippen molar-refractivity contribution in [3.8, 4) is 0 Å². The zero-order valence-corrected chi connectivity index (χ0v) is 12.4. The number of hydrogen-bond donors (Lipinski definition) is 1. The summed E-state index contributed by atoms with van der Waals surface area (Å²) < 4.78 is 26.9. The topological polar surface area (TPSA) is 46.2 Å². The zero-order chi connectivity index (χ0) is 12.9. The quantitative estimate of drug-likeness (QED) is 0.761. The predicted molar refractivity (Wildman–Crippen MR) is 72.9 cm³/mol. The third-order valence-electron chi connectivity index (χ3n) is 3.66. The highest BCUT2D eigenvalue weighted by Gasteiger charge is 2.29. The van der Waals surface area contributed by atoms with E-state index >= 15 is 0 Å². The van der Waals surface area contributed by atoms with E-state index in [1.54, 1.807) is 0 Å². The lowest BCUT2D eigenvalue weighted by Gasteiger charge is -2.28. The minimum atomic E-state index is -3.20. The molecule has 1 saturated carbocycles. The molecule has 0 aromatic heterocycles. The molecule has 5 heteroatoms. The van der Waals surface area contributed by atoms with E-state index < -0.39 is 15.6 Å². The van der Waals surface area contributed by atoms with Gasteiger partial charge >= 0.3 is 0 Å². The van der Waals surface area contributed by atoms with Gasteiger partial charge in [0.05, 0.1) is 5.75 Å². The molecule has 0 spiro atoms. The molecule has 1 aliphatic carbocycles. The van der Waals surface area contributed by atoms with Crippen LogP contribution in [0.25, 0.3) is 0 Å². The van der Waals surface area contributed by atoms with Crippen LogP contribution >= 0.6 is 11.6 Å². The summed E-state index contributed by atoms with van der Waals surface area (Å²) in [7, 11) is -3.20. The summed E-state index contributed by atoms with van der Waals surface area (Å²) in [5.74, 6) is 0.907. The van der Waals surface area contributed by atoms with E-state index in [1.807, 2.05) is 13.8 Å². The molecule has 0 radical (unpaired) electrons. The summed E-state index contributed by atoms with van der Waals surface area (Å²) in [6, 6.07) is 0. The Balaban J connectivity index is 2.55. The minimum absolute atomic E-state index is 0.263. The fraction of sp³-hybridized carbons (Fsp3) is 1.00. The molecule has 3 nitrogen and oxygen atoms in total. The van der Waals surface area contributed by atoms with Crippen LogP contribution in [0, 0.1) is 5.92 Å². The first kappa shape index (κ1) is 15.3. The van der Waals surface area contributed by atoms with Crippen molar-refractivity contribution in [2.24, 2.45) is 5.92 Å². The van der Waals surface area contributed by atoms with Crippen LogP contribution in [-0.2, 0) is 10.0 Å². The fourth-order valence-corrected chi connectivity index (χ4v) is 4.61. The van der Waals surface area contributed by atoms with Gasteiger partial charge in [-0.2, -0.15) is 0 Å². The number of halogens is 1. The first-order chi connectivity index (χ1) is 7.91. The number of rotatable bonds is 6. The molecule has 0 saturated heterocycles. The van der Waals surface area contributed by atoms with Gasteiger partial charge in [-0.3, -0.25) is 0 Å². The molecule has 1 N–H and O–H groups in total. The lowest BCUT2D eigenvalue weighted by Crippen LogP contribution is -2.48. The lowest BCUT2D eigenvalue weighted by molar-refractivity contribution is 0.378. The maximum atomic E-state index is 12.1. The SMILES string of the molecule is CCC(C)(CCl)NS(=O)(=O)CC1CCCCC1. The van der Waals surface area contributed by atoms with E-state index in [0.29, 0.717) is 18.2 Å². The van der Waals surface area contributed by atoms with Gasteiger partial charge in [0.1, 0.15) is 0 Å². The van der Waals surface area contributed by atoms with Crippen LogP contribution < -0.4 is 4.72 Å². The van der Waals surface area contributed by atoms with Gasteiger partial charge in [-0.05, 0) is 32.1 Å². The Bertz CT molecular complexity index is 319. The highest BCUT2D eigenvalue weighted by atomic mass is 35.5. The number of hydrogen-bond acceptors (Lipinski definition) is 2. The molecular formula is C12H24ClNO2S. The van der Waals surface area contributed by atoms with Gasteiger partial charge in [0, 0.05) is 11.4 Å². The van der Waals surface area contributed by atoms with Gasteiger partial charge in [-0.1, -0.05) is 26.2 Å². The maximum absolute atomic E-state index is 12.1. The van der Waals surface area contributed by atoms with E-state index in [1.165, 1.54) is 19.3 Å². The van der Waals surface area contributed by atoms with Crippen LogP contribution in [0.4, 0.5) is 0 Å². The summed E-state index contributed by atoms with van der Waals surface area (Å²) in [4.78, 5) is 0. The van der Waals surface area contributed by atoms with Crippen LogP contribution in [0.5, 0.6) is 0 Å². The Hall–Kier alpha value is 0.200. The second-order valence-electron chi connectivity index (χ2n) is 5.44. The summed E-state index contributed by atoms with van der Waals surface area (Å²) >= 11 is 5.83. The number of alkyl halides is 1. The molecule has 0 bridgehead atoms. The van der Waals surface area contributed by atoms with Gasteiger partial charge in [-0.15, -0.1) is 11.6 Å². The predicted octanol–water partition coefficient (Wildman–Crippen LogP) is 2.89. The first-order valence-corrected chi connectivity index (χ1v) is 8.67. The van der Waals surface area contributed by atoms with Crippen LogP contribution in [0.15, 0.2) is 0 Å². The van der Waals surface area contributed by atoms with Crippen molar-refractivity contribution >= 4 is 21.6 Å². The van der Waals surface area contributed by atoms with E-state index in [9.17, 15) is 8.42 Å². The molecular weight excluding hydrogens is 258 g/mol. The van der Waals surface area contributed by atoms with E-state index in [0.717, 1.165) is 12.8 Å². The highest BCUT2D eigenvalue weighted by molar-refractivity contribution is 7.89. The smallest absolute Gasteiger partial charge is 0.212 e. The Morgan fingerprint density at radius 1 is 1.29 bits per heavy atom.